The van der Waals surface area contributed by atoms with E-state index in [9.17, 15) is 18.0 Å². The Labute approximate surface area is 161 Å². The first kappa shape index (κ1) is 19.3. The minimum Gasteiger partial charge on any atom is -0.453 e. The second kappa shape index (κ2) is 7.65. The van der Waals surface area contributed by atoms with Crippen LogP contribution in [0.25, 0.3) is 0 Å². The fourth-order valence-electron chi connectivity index (χ4n) is 2.68. The second-order valence-electron chi connectivity index (χ2n) is 5.91. The fraction of sp³-hybridized carbons (Fsp3) is 0.353. The number of nitrogens with zero attached hydrogens (tertiary/aromatic N) is 2. The summed E-state index contributed by atoms with van der Waals surface area (Å²) in [5.74, 6) is -0.363. The van der Waals surface area contributed by atoms with E-state index in [-0.39, 0.29) is 22.6 Å². The van der Waals surface area contributed by atoms with Crippen molar-refractivity contribution in [3.8, 4) is 0 Å². The molecule has 0 bridgehead atoms. The number of fused-ring (bicyclic) bond motifs is 1. The molecule has 0 saturated carbocycles. The van der Waals surface area contributed by atoms with Crippen molar-refractivity contribution in [1.82, 2.24) is 9.88 Å². The molecule has 10 heteroatoms. The van der Waals surface area contributed by atoms with Crippen molar-refractivity contribution in [3.63, 3.8) is 0 Å². The number of hydrogen-bond donors (Lipinski definition) is 1. The number of methoxy groups -OCH3 is 1. The van der Waals surface area contributed by atoms with Gasteiger partial charge in [0.1, 0.15) is 0 Å². The third-order valence-corrected chi connectivity index (χ3v) is 6.99. The number of benzene rings is 1. The quantitative estimate of drug-likeness (QED) is 0.831. The van der Waals surface area contributed by atoms with E-state index in [1.165, 1.54) is 42.7 Å². The minimum atomic E-state index is -3.30. The van der Waals surface area contributed by atoms with Gasteiger partial charge >= 0.3 is 6.09 Å². The third kappa shape index (κ3) is 4.11. The van der Waals surface area contributed by atoms with Crippen molar-refractivity contribution in [2.75, 3.05) is 24.7 Å². The van der Waals surface area contributed by atoms with Gasteiger partial charge in [-0.05, 0) is 24.3 Å². The average molecular weight is 409 g/mol. The summed E-state index contributed by atoms with van der Waals surface area (Å²) in [5.41, 5.74) is 1.20. The molecule has 1 aromatic heterocycles. The summed E-state index contributed by atoms with van der Waals surface area (Å²) in [4.78, 5) is 31.1. The predicted octanol–water partition coefficient (Wildman–Crippen LogP) is 2.31. The molecule has 0 radical (unpaired) electrons. The van der Waals surface area contributed by atoms with Crippen molar-refractivity contribution < 1.29 is 22.7 Å². The Kier molecular flexibility index (Phi) is 5.47. The molecule has 2 heterocycles. The maximum absolute atomic E-state index is 12.4. The maximum atomic E-state index is 12.4. The smallest absolute Gasteiger partial charge is 0.409 e. The molecule has 0 atom stereocenters. The number of rotatable bonds is 4. The summed E-state index contributed by atoms with van der Waals surface area (Å²) in [6, 6.07) is 5.80. The molecule has 3 rings (SSSR count). The van der Waals surface area contributed by atoms with Crippen LogP contribution in [-0.4, -0.2) is 49.7 Å². The van der Waals surface area contributed by atoms with Gasteiger partial charge in [0.05, 0.1) is 30.0 Å². The predicted molar refractivity (Wildman–Crippen MR) is 101 cm³/mol. The summed E-state index contributed by atoms with van der Waals surface area (Å²) >= 11 is 1.31. The largest absolute Gasteiger partial charge is 0.453 e. The number of ether oxygens (including phenoxy) is 1. The number of amides is 2. The normalized spacial score (nSPS) is 13.8. The Hall–Kier alpha value is -2.46. The van der Waals surface area contributed by atoms with E-state index in [0.717, 1.165) is 10.6 Å². The number of nitrogens with one attached hydrogen (secondary N) is 1. The molecule has 1 aliphatic rings. The number of sulfone groups is 1. The van der Waals surface area contributed by atoms with Crippen LogP contribution in [-0.2, 0) is 27.5 Å². The molecular formula is C17H19N3O5S2. The minimum absolute atomic E-state index is 0.00576. The van der Waals surface area contributed by atoms with Gasteiger partial charge in [-0.25, -0.2) is 18.2 Å². The molecule has 144 valence electrons. The van der Waals surface area contributed by atoms with Crippen molar-refractivity contribution in [2.45, 2.75) is 24.8 Å². The molecule has 1 aliphatic heterocycles. The van der Waals surface area contributed by atoms with E-state index in [2.05, 4.69) is 10.3 Å². The Morgan fingerprint density at radius 1 is 1.30 bits per heavy atom. The van der Waals surface area contributed by atoms with Crippen LogP contribution in [0.2, 0.25) is 0 Å². The molecule has 0 unspecified atom stereocenters. The highest BCUT2D eigenvalue weighted by Crippen LogP contribution is 2.29. The lowest BCUT2D eigenvalue weighted by Gasteiger charge is -2.24. The number of carbonyl (C=O) groups excluding carboxylic acids is 2. The topological polar surface area (TPSA) is 106 Å². The lowest BCUT2D eigenvalue weighted by Crippen LogP contribution is -2.35. The van der Waals surface area contributed by atoms with Crippen LogP contribution >= 0.6 is 11.3 Å². The van der Waals surface area contributed by atoms with Crippen LogP contribution in [0, 0.1) is 0 Å². The highest BCUT2D eigenvalue weighted by molar-refractivity contribution is 7.91. The molecule has 0 saturated heterocycles. The van der Waals surface area contributed by atoms with Gasteiger partial charge in [0, 0.05) is 23.4 Å². The molecule has 27 heavy (non-hydrogen) atoms. The van der Waals surface area contributed by atoms with Crippen LogP contribution in [0.4, 0.5) is 9.93 Å². The van der Waals surface area contributed by atoms with Crippen molar-refractivity contribution in [2.24, 2.45) is 0 Å². The molecule has 1 N–H and O–H groups in total. The Morgan fingerprint density at radius 3 is 2.63 bits per heavy atom. The van der Waals surface area contributed by atoms with Crippen LogP contribution in [0.3, 0.4) is 0 Å². The molecule has 0 fully saturated rings. The maximum Gasteiger partial charge on any atom is 0.409 e. The number of thiazole rings is 1. The average Bonchev–Trinajstić information content (AvgIpc) is 3.08. The van der Waals surface area contributed by atoms with Gasteiger partial charge in [-0.15, -0.1) is 0 Å². The van der Waals surface area contributed by atoms with Crippen LogP contribution in [0.1, 0.15) is 27.9 Å². The summed E-state index contributed by atoms with van der Waals surface area (Å²) in [5, 5.41) is 3.18. The molecule has 0 aliphatic carbocycles. The number of carbonyl (C=O) groups is 2. The van der Waals surface area contributed by atoms with Gasteiger partial charge < -0.3 is 9.64 Å². The Bertz CT molecular complexity index is 967. The van der Waals surface area contributed by atoms with E-state index in [0.29, 0.717) is 30.2 Å². The first-order valence-corrected chi connectivity index (χ1v) is 10.8. The fourth-order valence-corrected chi connectivity index (χ4v) is 4.59. The number of aromatic nitrogens is 1. The molecule has 1 aromatic carbocycles. The van der Waals surface area contributed by atoms with Crippen molar-refractivity contribution in [1.29, 1.82) is 0 Å². The van der Waals surface area contributed by atoms with Gasteiger partial charge in [0.2, 0.25) is 0 Å². The SMILES string of the molecule is CCS(=O)(=O)c1ccc(C(=O)Nc2nc3c(s2)CN(C(=O)OC)CC3)cc1. The summed E-state index contributed by atoms with van der Waals surface area (Å²) < 4.78 is 28.4. The third-order valence-electron chi connectivity index (χ3n) is 4.24. The molecule has 2 aromatic rings. The Balaban J connectivity index is 1.71. The second-order valence-corrected chi connectivity index (χ2v) is 9.27. The van der Waals surface area contributed by atoms with Crippen molar-refractivity contribution >= 4 is 38.3 Å². The first-order valence-electron chi connectivity index (χ1n) is 8.29. The zero-order chi connectivity index (χ0) is 19.6. The number of hydrogen-bond acceptors (Lipinski definition) is 7. The summed E-state index contributed by atoms with van der Waals surface area (Å²) in [6.07, 6.45) is 0.210. The lowest BCUT2D eigenvalue weighted by atomic mass is 10.2. The van der Waals surface area contributed by atoms with Gasteiger partial charge in [-0.1, -0.05) is 18.3 Å². The lowest BCUT2D eigenvalue weighted by molar-refractivity contribution is 0.102. The first-order chi connectivity index (χ1) is 12.8. The zero-order valence-electron chi connectivity index (χ0n) is 14.9. The number of anilines is 1. The van der Waals surface area contributed by atoms with Crippen LogP contribution < -0.4 is 5.32 Å². The summed E-state index contributed by atoms with van der Waals surface area (Å²) in [7, 11) is -1.96. The zero-order valence-corrected chi connectivity index (χ0v) is 16.5. The molecule has 8 nitrogen and oxygen atoms in total. The van der Waals surface area contributed by atoms with E-state index in [4.69, 9.17) is 4.74 Å². The van der Waals surface area contributed by atoms with E-state index >= 15 is 0 Å². The van der Waals surface area contributed by atoms with E-state index < -0.39 is 9.84 Å². The van der Waals surface area contributed by atoms with Gasteiger partial charge in [0.15, 0.2) is 15.0 Å². The Morgan fingerprint density at radius 2 is 2.00 bits per heavy atom. The van der Waals surface area contributed by atoms with Crippen LogP contribution in [0.15, 0.2) is 29.2 Å². The molecular weight excluding hydrogens is 390 g/mol. The highest BCUT2D eigenvalue weighted by Gasteiger charge is 2.25. The summed E-state index contributed by atoms with van der Waals surface area (Å²) in [6.45, 7) is 2.49. The van der Waals surface area contributed by atoms with Crippen molar-refractivity contribution in [3.05, 3.63) is 40.4 Å². The standard InChI is InChI=1S/C17H19N3O5S2/c1-3-27(23,24)12-6-4-11(5-7-12)15(21)19-16-18-13-8-9-20(17(22)25-2)10-14(13)26-16/h4-7H,3,8-10H2,1-2H3,(H,18,19,21). The molecule has 2 amide bonds. The van der Waals surface area contributed by atoms with E-state index in [1.807, 2.05) is 0 Å². The highest BCUT2D eigenvalue weighted by atomic mass is 32.2. The molecule has 0 spiro atoms. The van der Waals surface area contributed by atoms with E-state index in [1.54, 1.807) is 11.8 Å². The monoisotopic (exact) mass is 409 g/mol. The van der Waals surface area contributed by atoms with Crippen LogP contribution in [0.5, 0.6) is 0 Å². The van der Waals surface area contributed by atoms with Gasteiger partial charge in [0.25, 0.3) is 5.91 Å². The van der Waals surface area contributed by atoms with Gasteiger partial charge in [-0.2, -0.15) is 0 Å². The van der Waals surface area contributed by atoms with Gasteiger partial charge in [-0.3, -0.25) is 10.1 Å².